The second-order valence-corrected chi connectivity index (χ2v) is 3.89. The van der Waals surface area contributed by atoms with Crippen molar-refractivity contribution in [2.45, 2.75) is 6.42 Å². The average Bonchev–Trinajstić information content (AvgIpc) is 2.72. The molecule has 0 spiro atoms. The first-order valence-electron chi connectivity index (χ1n) is 5.44. The highest BCUT2D eigenvalue weighted by atomic mass is 15.0. The van der Waals surface area contributed by atoms with Crippen LogP contribution < -0.4 is 5.73 Å². The van der Waals surface area contributed by atoms with Crippen LogP contribution in [0.5, 0.6) is 0 Å². The fraction of sp³-hybridized carbons (Fsp3) is 0.154. The molecule has 3 nitrogen and oxygen atoms in total. The van der Waals surface area contributed by atoms with Gasteiger partial charge in [0, 0.05) is 12.6 Å². The van der Waals surface area contributed by atoms with Gasteiger partial charge in [-0.1, -0.05) is 18.2 Å². The first kappa shape index (κ1) is 9.36. The molecule has 0 aliphatic carbocycles. The predicted molar refractivity (Wildman–Crippen MR) is 65.5 cm³/mol. The van der Waals surface area contributed by atoms with Gasteiger partial charge < -0.3 is 5.73 Å². The molecule has 3 rings (SSSR count). The van der Waals surface area contributed by atoms with Crippen molar-refractivity contribution in [3.05, 3.63) is 48.3 Å². The smallest absolute Gasteiger partial charge is 0.137 e. The van der Waals surface area contributed by atoms with E-state index in [2.05, 4.69) is 33.8 Å². The molecule has 0 fully saturated rings. The Labute approximate surface area is 93.5 Å². The molecule has 2 aromatic heterocycles. The van der Waals surface area contributed by atoms with Gasteiger partial charge in [0.1, 0.15) is 5.65 Å². The first-order chi connectivity index (χ1) is 7.88. The Hall–Kier alpha value is -1.87. The summed E-state index contributed by atoms with van der Waals surface area (Å²) in [7, 11) is 0. The highest BCUT2D eigenvalue weighted by molar-refractivity contribution is 5.81. The number of hydrogen-bond acceptors (Lipinski definition) is 2. The summed E-state index contributed by atoms with van der Waals surface area (Å²) in [6.45, 7) is 0.641. The fourth-order valence-corrected chi connectivity index (χ4v) is 2.04. The molecule has 0 unspecified atom stereocenters. The van der Waals surface area contributed by atoms with Crippen molar-refractivity contribution in [2.75, 3.05) is 6.54 Å². The number of fused-ring (bicyclic) bond motifs is 3. The Kier molecular flexibility index (Phi) is 2.11. The topological polar surface area (TPSA) is 43.3 Å². The minimum absolute atomic E-state index is 0.641. The molecule has 0 aliphatic rings. The summed E-state index contributed by atoms with van der Waals surface area (Å²) in [4.78, 5) is 4.54. The molecule has 16 heavy (non-hydrogen) atoms. The minimum Gasteiger partial charge on any atom is -0.330 e. The Morgan fingerprint density at radius 1 is 1.12 bits per heavy atom. The number of benzene rings is 1. The molecule has 0 radical (unpaired) electrons. The summed E-state index contributed by atoms with van der Waals surface area (Å²) in [6, 6.07) is 12.5. The quantitative estimate of drug-likeness (QED) is 0.704. The van der Waals surface area contributed by atoms with E-state index in [1.807, 2.05) is 18.2 Å². The van der Waals surface area contributed by atoms with Gasteiger partial charge in [-0.15, -0.1) is 0 Å². The molecule has 0 bridgehead atoms. The fourth-order valence-electron chi connectivity index (χ4n) is 2.04. The lowest BCUT2D eigenvalue weighted by molar-refractivity contribution is 0.937. The zero-order valence-electron chi connectivity index (χ0n) is 8.93. The Balaban J connectivity index is 2.32. The molecule has 3 heteroatoms. The molecular formula is C13H13N3. The number of imidazole rings is 1. The van der Waals surface area contributed by atoms with Crippen LogP contribution >= 0.6 is 0 Å². The van der Waals surface area contributed by atoms with E-state index in [9.17, 15) is 0 Å². The lowest BCUT2D eigenvalue weighted by Crippen LogP contribution is -2.02. The maximum Gasteiger partial charge on any atom is 0.137 e. The molecule has 2 N–H and O–H groups in total. The Bertz CT molecular complexity index is 640. The first-order valence-corrected chi connectivity index (χ1v) is 5.44. The van der Waals surface area contributed by atoms with Crippen molar-refractivity contribution in [2.24, 2.45) is 5.73 Å². The van der Waals surface area contributed by atoms with E-state index < -0.39 is 0 Å². The molecular weight excluding hydrogens is 198 g/mol. The van der Waals surface area contributed by atoms with Crippen molar-refractivity contribution in [1.29, 1.82) is 0 Å². The van der Waals surface area contributed by atoms with Gasteiger partial charge in [0.05, 0.1) is 11.2 Å². The van der Waals surface area contributed by atoms with Crippen LogP contribution in [0, 0.1) is 0 Å². The minimum atomic E-state index is 0.641. The van der Waals surface area contributed by atoms with E-state index in [0.29, 0.717) is 6.54 Å². The lowest BCUT2D eigenvalue weighted by atomic mass is 10.2. The highest BCUT2D eigenvalue weighted by Gasteiger charge is 2.03. The van der Waals surface area contributed by atoms with Gasteiger partial charge in [-0.05, 0) is 30.1 Å². The maximum absolute atomic E-state index is 5.55. The predicted octanol–water partition coefficient (Wildman–Crippen LogP) is 1.99. The van der Waals surface area contributed by atoms with E-state index in [1.54, 1.807) is 0 Å². The molecule has 3 aromatic rings. The van der Waals surface area contributed by atoms with Gasteiger partial charge in [0.25, 0.3) is 0 Å². The number of nitrogens with zero attached hydrogens (tertiary/aromatic N) is 2. The van der Waals surface area contributed by atoms with E-state index in [-0.39, 0.29) is 0 Å². The second-order valence-electron chi connectivity index (χ2n) is 3.89. The molecule has 0 saturated carbocycles. The third-order valence-corrected chi connectivity index (χ3v) is 2.79. The van der Waals surface area contributed by atoms with Crippen molar-refractivity contribution >= 4 is 16.6 Å². The van der Waals surface area contributed by atoms with Crippen LogP contribution in [0.15, 0.2) is 42.6 Å². The normalized spacial score (nSPS) is 11.3. The van der Waals surface area contributed by atoms with E-state index in [0.717, 1.165) is 17.8 Å². The van der Waals surface area contributed by atoms with Crippen LogP contribution in [-0.2, 0) is 6.42 Å². The molecule has 2 heterocycles. The second kappa shape index (κ2) is 3.61. The molecule has 0 atom stereocenters. The number of aromatic nitrogens is 2. The lowest BCUT2D eigenvalue weighted by Gasteiger charge is -2.00. The summed E-state index contributed by atoms with van der Waals surface area (Å²) < 4.78 is 2.13. The van der Waals surface area contributed by atoms with E-state index in [4.69, 9.17) is 5.73 Å². The van der Waals surface area contributed by atoms with Gasteiger partial charge in [-0.25, -0.2) is 4.98 Å². The van der Waals surface area contributed by atoms with Crippen LogP contribution in [0.1, 0.15) is 5.69 Å². The van der Waals surface area contributed by atoms with Crippen molar-refractivity contribution in [1.82, 2.24) is 9.38 Å². The van der Waals surface area contributed by atoms with Crippen molar-refractivity contribution < 1.29 is 0 Å². The number of rotatable bonds is 2. The average molecular weight is 211 g/mol. The SMILES string of the molecule is NCCc1cn2c(ccc3ccccc32)n1. The molecule has 1 aromatic carbocycles. The molecule has 80 valence electrons. The van der Waals surface area contributed by atoms with Gasteiger partial charge in [-0.2, -0.15) is 0 Å². The largest absolute Gasteiger partial charge is 0.330 e. The van der Waals surface area contributed by atoms with Crippen LogP contribution in [0.3, 0.4) is 0 Å². The highest BCUT2D eigenvalue weighted by Crippen LogP contribution is 2.17. The number of para-hydroxylation sites is 1. The van der Waals surface area contributed by atoms with Crippen molar-refractivity contribution in [3.63, 3.8) is 0 Å². The van der Waals surface area contributed by atoms with Crippen LogP contribution in [0.4, 0.5) is 0 Å². The van der Waals surface area contributed by atoms with Crippen LogP contribution in [0.25, 0.3) is 16.6 Å². The number of pyridine rings is 1. The van der Waals surface area contributed by atoms with Gasteiger partial charge in [-0.3, -0.25) is 4.40 Å². The maximum atomic E-state index is 5.55. The zero-order valence-corrected chi connectivity index (χ0v) is 8.93. The van der Waals surface area contributed by atoms with E-state index in [1.165, 1.54) is 10.9 Å². The van der Waals surface area contributed by atoms with Crippen molar-refractivity contribution in [3.8, 4) is 0 Å². The summed E-state index contributed by atoms with van der Waals surface area (Å²) in [5.74, 6) is 0. The van der Waals surface area contributed by atoms with Gasteiger partial charge in [0.2, 0.25) is 0 Å². The Morgan fingerprint density at radius 3 is 2.88 bits per heavy atom. The van der Waals surface area contributed by atoms with Crippen LogP contribution in [-0.4, -0.2) is 15.9 Å². The third kappa shape index (κ3) is 1.37. The van der Waals surface area contributed by atoms with E-state index >= 15 is 0 Å². The molecule has 0 aliphatic heterocycles. The molecule has 0 amide bonds. The number of nitrogens with two attached hydrogens (primary N) is 1. The van der Waals surface area contributed by atoms with Crippen LogP contribution in [0.2, 0.25) is 0 Å². The monoisotopic (exact) mass is 211 g/mol. The summed E-state index contributed by atoms with van der Waals surface area (Å²) in [6.07, 6.45) is 2.90. The van der Waals surface area contributed by atoms with Gasteiger partial charge >= 0.3 is 0 Å². The number of hydrogen-bond donors (Lipinski definition) is 1. The summed E-state index contributed by atoms with van der Waals surface area (Å²) in [5, 5.41) is 1.23. The standard InChI is InChI=1S/C13H13N3/c14-8-7-11-9-16-12-4-2-1-3-10(12)5-6-13(16)15-11/h1-6,9H,7-8,14H2. The summed E-state index contributed by atoms with van der Waals surface area (Å²) >= 11 is 0. The van der Waals surface area contributed by atoms with Gasteiger partial charge in [0.15, 0.2) is 0 Å². The third-order valence-electron chi connectivity index (χ3n) is 2.79. The zero-order chi connectivity index (χ0) is 11.0. The Morgan fingerprint density at radius 2 is 2.00 bits per heavy atom. The molecule has 0 saturated heterocycles. The summed E-state index contributed by atoms with van der Waals surface area (Å²) in [5.41, 5.74) is 8.78.